The Morgan fingerprint density at radius 3 is 3.09 bits per heavy atom. The molecule has 1 amide bonds. The Labute approximate surface area is 194 Å². The molecule has 1 N–H and O–H groups in total. The van der Waals surface area contributed by atoms with Gasteiger partial charge in [0.05, 0.1) is 12.0 Å². The summed E-state index contributed by atoms with van der Waals surface area (Å²) in [6.07, 6.45) is 5.64. The standard InChI is InChI=1S/C23H26N6O3S/c1-32-11-10-28-18(13-17-20(28)26-19-6-2-3-9-29(19)22(17)31)21(30)25-14-16-5-4-8-27(15-16)23-24-7-12-33-23/h2-3,6-7,9,12-13,16H,4-5,8,10-11,14-15H2,1H3,(H,25,30). The smallest absolute Gasteiger partial charge is 0.268 e. The maximum atomic E-state index is 13.2. The lowest BCUT2D eigenvalue weighted by atomic mass is 9.98. The first-order valence-electron chi connectivity index (χ1n) is 11.1. The molecule has 4 aromatic heterocycles. The van der Waals surface area contributed by atoms with E-state index in [0.29, 0.717) is 48.0 Å². The first-order chi connectivity index (χ1) is 16.2. The fraction of sp³-hybridized carbons (Fsp3) is 0.391. The summed E-state index contributed by atoms with van der Waals surface area (Å²) in [4.78, 5) is 37.6. The molecule has 33 heavy (non-hydrogen) atoms. The van der Waals surface area contributed by atoms with Crippen molar-refractivity contribution >= 4 is 39.1 Å². The van der Waals surface area contributed by atoms with Gasteiger partial charge >= 0.3 is 0 Å². The molecule has 0 aliphatic carbocycles. The topological polar surface area (TPSA) is 93.8 Å². The van der Waals surface area contributed by atoms with E-state index in [9.17, 15) is 9.59 Å². The van der Waals surface area contributed by atoms with Gasteiger partial charge in [-0.25, -0.2) is 9.97 Å². The van der Waals surface area contributed by atoms with E-state index in [1.807, 2.05) is 17.6 Å². The van der Waals surface area contributed by atoms with Crippen molar-refractivity contribution in [2.75, 3.05) is 38.3 Å². The van der Waals surface area contributed by atoms with Crippen LogP contribution in [0.3, 0.4) is 0 Å². The average molecular weight is 467 g/mol. The Morgan fingerprint density at radius 2 is 2.27 bits per heavy atom. The molecule has 1 fully saturated rings. The van der Waals surface area contributed by atoms with E-state index in [2.05, 4.69) is 20.2 Å². The minimum Gasteiger partial charge on any atom is -0.383 e. The molecule has 1 saturated heterocycles. The highest BCUT2D eigenvalue weighted by molar-refractivity contribution is 7.13. The Kier molecular flexibility index (Phi) is 6.10. The minimum atomic E-state index is -0.205. The summed E-state index contributed by atoms with van der Waals surface area (Å²) in [6, 6.07) is 7.06. The van der Waals surface area contributed by atoms with Gasteiger partial charge in [0.2, 0.25) is 0 Å². The van der Waals surface area contributed by atoms with Crippen LogP contribution in [0.4, 0.5) is 5.13 Å². The predicted octanol–water partition coefficient (Wildman–Crippen LogP) is 2.40. The average Bonchev–Trinajstić information content (AvgIpc) is 3.50. The van der Waals surface area contributed by atoms with E-state index in [0.717, 1.165) is 31.1 Å². The molecule has 1 aliphatic rings. The number of thiazole rings is 1. The van der Waals surface area contributed by atoms with Gasteiger partial charge in [-0.05, 0) is 37.0 Å². The number of piperidine rings is 1. The molecule has 0 saturated carbocycles. The van der Waals surface area contributed by atoms with Crippen molar-refractivity contribution < 1.29 is 9.53 Å². The van der Waals surface area contributed by atoms with Crippen molar-refractivity contribution in [2.45, 2.75) is 19.4 Å². The molecule has 5 heterocycles. The van der Waals surface area contributed by atoms with E-state index < -0.39 is 0 Å². The lowest BCUT2D eigenvalue weighted by molar-refractivity contribution is 0.0934. The SMILES string of the molecule is COCCn1c(C(=O)NCC2CCCN(c3nccs3)C2)cc2c(=O)n3ccccc3nc21. The monoisotopic (exact) mass is 466 g/mol. The summed E-state index contributed by atoms with van der Waals surface area (Å²) >= 11 is 1.64. The molecule has 10 heteroatoms. The van der Waals surface area contributed by atoms with Crippen LogP contribution in [0, 0.1) is 5.92 Å². The molecule has 1 unspecified atom stereocenters. The van der Waals surface area contributed by atoms with Crippen molar-refractivity contribution in [1.82, 2.24) is 24.3 Å². The van der Waals surface area contributed by atoms with Gasteiger partial charge in [0.1, 0.15) is 17.0 Å². The van der Waals surface area contributed by atoms with Crippen LogP contribution in [0.15, 0.2) is 46.8 Å². The Balaban J connectivity index is 1.40. The number of nitrogens with zero attached hydrogens (tertiary/aromatic N) is 5. The number of rotatable bonds is 7. The minimum absolute atomic E-state index is 0.188. The lowest BCUT2D eigenvalue weighted by Gasteiger charge is -2.32. The summed E-state index contributed by atoms with van der Waals surface area (Å²) < 4.78 is 8.53. The third-order valence-corrected chi connectivity index (χ3v) is 6.92. The van der Waals surface area contributed by atoms with Crippen LogP contribution in [0.1, 0.15) is 23.3 Å². The molecule has 1 aliphatic heterocycles. The van der Waals surface area contributed by atoms with Crippen LogP contribution in [0.25, 0.3) is 16.7 Å². The van der Waals surface area contributed by atoms with Crippen molar-refractivity contribution in [2.24, 2.45) is 5.92 Å². The zero-order chi connectivity index (χ0) is 22.8. The highest BCUT2D eigenvalue weighted by Crippen LogP contribution is 2.24. The van der Waals surface area contributed by atoms with Crippen molar-refractivity contribution in [1.29, 1.82) is 0 Å². The first-order valence-corrected chi connectivity index (χ1v) is 12.0. The quantitative estimate of drug-likeness (QED) is 0.450. The Morgan fingerprint density at radius 1 is 1.36 bits per heavy atom. The summed E-state index contributed by atoms with van der Waals surface area (Å²) in [7, 11) is 1.61. The van der Waals surface area contributed by atoms with Crippen molar-refractivity contribution in [3.8, 4) is 0 Å². The first kappa shape index (κ1) is 21.6. The van der Waals surface area contributed by atoms with Gasteiger partial charge in [-0.2, -0.15) is 0 Å². The number of fused-ring (bicyclic) bond motifs is 2. The largest absolute Gasteiger partial charge is 0.383 e. The number of amides is 1. The molecule has 1 atom stereocenters. The second-order valence-corrected chi connectivity index (χ2v) is 9.11. The maximum Gasteiger partial charge on any atom is 0.268 e. The number of ether oxygens (including phenoxy) is 1. The fourth-order valence-corrected chi connectivity index (χ4v) is 5.13. The number of carbonyl (C=O) groups is 1. The summed E-state index contributed by atoms with van der Waals surface area (Å²) in [5, 5.41) is 6.53. The molecule has 172 valence electrons. The number of nitrogens with one attached hydrogen (secondary N) is 1. The third kappa shape index (κ3) is 4.23. The van der Waals surface area contributed by atoms with Crippen LogP contribution < -0.4 is 15.8 Å². The summed E-state index contributed by atoms with van der Waals surface area (Å²) in [5.74, 6) is 0.138. The summed E-state index contributed by atoms with van der Waals surface area (Å²) in [6.45, 7) is 3.27. The number of carbonyl (C=O) groups excluding carboxylic acids is 1. The third-order valence-electron chi connectivity index (χ3n) is 6.09. The van der Waals surface area contributed by atoms with Crippen LogP contribution in [-0.4, -0.2) is 58.2 Å². The van der Waals surface area contributed by atoms with E-state index in [1.54, 1.807) is 47.4 Å². The van der Waals surface area contributed by atoms with Gasteiger partial charge in [-0.1, -0.05) is 6.07 Å². The molecule has 0 radical (unpaired) electrons. The van der Waals surface area contributed by atoms with Crippen molar-refractivity contribution in [3.05, 3.63) is 58.1 Å². The number of hydrogen-bond donors (Lipinski definition) is 1. The highest BCUT2D eigenvalue weighted by Gasteiger charge is 2.24. The molecular formula is C23H26N6O3S. The summed E-state index contributed by atoms with van der Waals surface area (Å²) in [5.41, 5.74) is 1.28. The molecule has 5 rings (SSSR count). The van der Waals surface area contributed by atoms with E-state index >= 15 is 0 Å². The normalized spacial score (nSPS) is 16.5. The molecule has 4 aromatic rings. The molecule has 0 spiro atoms. The lowest BCUT2D eigenvalue weighted by Crippen LogP contribution is -2.41. The number of hydrogen-bond acceptors (Lipinski definition) is 7. The van der Waals surface area contributed by atoms with Gasteiger partial charge in [0, 0.05) is 51.1 Å². The second-order valence-electron chi connectivity index (χ2n) is 8.24. The second kappa shape index (κ2) is 9.32. The van der Waals surface area contributed by atoms with Crippen LogP contribution in [0.5, 0.6) is 0 Å². The van der Waals surface area contributed by atoms with Crippen LogP contribution >= 0.6 is 11.3 Å². The van der Waals surface area contributed by atoms with Gasteiger partial charge in [-0.3, -0.25) is 14.0 Å². The zero-order valence-electron chi connectivity index (χ0n) is 18.4. The Bertz CT molecular complexity index is 1330. The molecule has 0 bridgehead atoms. The van der Waals surface area contributed by atoms with Crippen LogP contribution in [-0.2, 0) is 11.3 Å². The van der Waals surface area contributed by atoms with Gasteiger partial charge < -0.3 is 19.5 Å². The van der Waals surface area contributed by atoms with E-state index in [1.165, 1.54) is 4.40 Å². The van der Waals surface area contributed by atoms with E-state index in [4.69, 9.17) is 4.74 Å². The molecular weight excluding hydrogens is 440 g/mol. The van der Waals surface area contributed by atoms with Gasteiger partial charge in [0.15, 0.2) is 5.13 Å². The van der Waals surface area contributed by atoms with Gasteiger partial charge in [-0.15, -0.1) is 11.3 Å². The number of methoxy groups -OCH3 is 1. The van der Waals surface area contributed by atoms with Crippen molar-refractivity contribution in [3.63, 3.8) is 0 Å². The number of anilines is 1. The van der Waals surface area contributed by atoms with E-state index in [-0.39, 0.29) is 11.5 Å². The fourth-order valence-electron chi connectivity index (χ4n) is 4.45. The maximum absolute atomic E-state index is 13.2. The van der Waals surface area contributed by atoms with Crippen LogP contribution in [0.2, 0.25) is 0 Å². The highest BCUT2D eigenvalue weighted by atomic mass is 32.1. The van der Waals surface area contributed by atoms with Gasteiger partial charge in [0.25, 0.3) is 11.5 Å². The zero-order valence-corrected chi connectivity index (χ0v) is 19.3. The molecule has 0 aromatic carbocycles. The number of aromatic nitrogens is 4. The molecule has 9 nitrogen and oxygen atoms in total. The Hall–Kier alpha value is -3.24. The predicted molar refractivity (Wildman–Crippen MR) is 128 cm³/mol. The number of pyridine rings is 1.